The molecule has 1 aromatic carbocycles. The van der Waals surface area contributed by atoms with Crippen molar-refractivity contribution in [3.05, 3.63) is 59.9 Å². The van der Waals surface area contributed by atoms with Gasteiger partial charge in [0, 0.05) is 25.4 Å². The molecular weight excluding hydrogens is 391 g/mol. The summed E-state index contributed by atoms with van der Waals surface area (Å²) in [6, 6.07) is 13.8. The second-order valence-electron chi connectivity index (χ2n) is 4.41. The van der Waals surface area contributed by atoms with Crippen LogP contribution in [0.1, 0.15) is 11.3 Å². The molecule has 0 saturated heterocycles. The zero-order chi connectivity index (χ0) is 14.9. The summed E-state index contributed by atoms with van der Waals surface area (Å²) in [7, 11) is 3.42. The molecule has 22 heavy (non-hydrogen) atoms. The van der Waals surface area contributed by atoms with Crippen molar-refractivity contribution in [2.45, 2.75) is 13.1 Å². The number of guanidine groups is 1. The van der Waals surface area contributed by atoms with Crippen molar-refractivity contribution in [3.8, 4) is 5.75 Å². The van der Waals surface area contributed by atoms with Gasteiger partial charge in [-0.05, 0) is 18.2 Å². The normalized spacial score (nSPS) is 10.5. The summed E-state index contributed by atoms with van der Waals surface area (Å²) in [6.07, 6.45) is 1.78. The third kappa shape index (κ3) is 5.51. The van der Waals surface area contributed by atoms with Crippen molar-refractivity contribution in [1.29, 1.82) is 0 Å². The molecule has 0 spiro atoms. The monoisotopic (exact) mass is 412 g/mol. The summed E-state index contributed by atoms with van der Waals surface area (Å²) in [5.74, 6) is 1.59. The molecule has 2 rings (SSSR count). The Hall–Kier alpha value is -1.83. The van der Waals surface area contributed by atoms with Gasteiger partial charge in [-0.3, -0.25) is 9.98 Å². The van der Waals surface area contributed by atoms with Crippen LogP contribution in [0.15, 0.2) is 53.7 Å². The molecule has 5 nitrogen and oxygen atoms in total. The first kappa shape index (κ1) is 18.2. The molecule has 0 saturated carbocycles. The maximum Gasteiger partial charge on any atom is 0.191 e. The average Bonchev–Trinajstić information content (AvgIpc) is 2.56. The van der Waals surface area contributed by atoms with Crippen LogP contribution in [-0.2, 0) is 13.1 Å². The predicted octanol–water partition coefficient (Wildman–Crippen LogP) is 2.57. The van der Waals surface area contributed by atoms with Crippen LogP contribution in [0.2, 0.25) is 0 Å². The van der Waals surface area contributed by atoms with E-state index in [-0.39, 0.29) is 24.0 Å². The maximum absolute atomic E-state index is 5.33. The van der Waals surface area contributed by atoms with Crippen LogP contribution >= 0.6 is 24.0 Å². The molecule has 1 heterocycles. The van der Waals surface area contributed by atoms with Crippen LogP contribution in [0.4, 0.5) is 0 Å². The van der Waals surface area contributed by atoms with Gasteiger partial charge in [0.25, 0.3) is 0 Å². The SMILES string of the molecule is CN=C(NCc1ccccn1)NCc1ccccc1OC.I. The Bertz CT molecular complexity index is 590. The van der Waals surface area contributed by atoms with E-state index in [1.165, 1.54) is 0 Å². The molecule has 118 valence electrons. The number of pyridine rings is 1. The van der Waals surface area contributed by atoms with Crippen LogP contribution in [-0.4, -0.2) is 25.1 Å². The Morgan fingerprint density at radius 1 is 1.09 bits per heavy atom. The smallest absolute Gasteiger partial charge is 0.191 e. The fraction of sp³-hybridized carbons (Fsp3) is 0.250. The van der Waals surface area contributed by atoms with Gasteiger partial charge in [-0.15, -0.1) is 24.0 Å². The average molecular weight is 412 g/mol. The highest BCUT2D eigenvalue weighted by atomic mass is 127. The lowest BCUT2D eigenvalue weighted by atomic mass is 10.2. The van der Waals surface area contributed by atoms with E-state index in [9.17, 15) is 0 Å². The number of rotatable bonds is 5. The lowest BCUT2D eigenvalue weighted by Crippen LogP contribution is -2.36. The minimum absolute atomic E-state index is 0. The highest BCUT2D eigenvalue weighted by Crippen LogP contribution is 2.16. The lowest BCUT2D eigenvalue weighted by Gasteiger charge is -2.13. The summed E-state index contributed by atoms with van der Waals surface area (Å²) >= 11 is 0. The Labute approximate surface area is 148 Å². The topological polar surface area (TPSA) is 58.5 Å². The number of nitrogens with one attached hydrogen (secondary N) is 2. The molecule has 0 radical (unpaired) electrons. The minimum Gasteiger partial charge on any atom is -0.496 e. The molecule has 0 amide bonds. The number of hydrogen-bond acceptors (Lipinski definition) is 3. The van der Waals surface area contributed by atoms with E-state index >= 15 is 0 Å². The minimum atomic E-state index is 0. The summed E-state index contributed by atoms with van der Waals surface area (Å²) in [4.78, 5) is 8.46. The van der Waals surface area contributed by atoms with Crippen molar-refractivity contribution < 1.29 is 4.74 Å². The number of ether oxygens (including phenoxy) is 1. The highest BCUT2D eigenvalue weighted by molar-refractivity contribution is 14.0. The van der Waals surface area contributed by atoms with Gasteiger partial charge in [0.2, 0.25) is 0 Å². The maximum atomic E-state index is 5.33. The van der Waals surface area contributed by atoms with Crippen molar-refractivity contribution in [2.24, 2.45) is 4.99 Å². The number of methoxy groups -OCH3 is 1. The second-order valence-corrected chi connectivity index (χ2v) is 4.41. The molecule has 2 N–H and O–H groups in total. The van der Waals surface area contributed by atoms with Gasteiger partial charge < -0.3 is 15.4 Å². The lowest BCUT2D eigenvalue weighted by molar-refractivity contribution is 0.409. The van der Waals surface area contributed by atoms with Gasteiger partial charge in [-0.2, -0.15) is 0 Å². The molecular formula is C16H21IN4O. The van der Waals surface area contributed by atoms with Crippen LogP contribution in [0.25, 0.3) is 0 Å². The highest BCUT2D eigenvalue weighted by Gasteiger charge is 2.03. The van der Waals surface area contributed by atoms with E-state index < -0.39 is 0 Å². The van der Waals surface area contributed by atoms with E-state index in [0.717, 1.165) is 23.0 Å². The molecule has 0 atom stereocenters. The summed E-state index contributed by atoms with van der Waals surface area (Å²) < 4.78 is 5.33. The Morgan fingerprint density at radius 3 is 2.50 bits per heavy atom. The number of benzene rings is 1. The van der Waals surface area contributed by atoms with Crippen molar-refractivity contribution in [3.63, 3.8) is 0 Å². The molecule has 0 aliphatic heterocycles. The summed E-state index contributed by atoms with van der Waals surface area (Å²) in [6.45, 7) is 1.28. The van der Waals surface area contributed by atoms with Crippen molar-refractivity contribution in [1.82, 2.24) is 15.6 Å². The third-order valence-corrected chi connectivity index (χ3v) is 3.03. The number of para-hydroxylation sites is 1. The Kier molecular flexibility index (Phi) is 8.27. The standard InChI is InChI=1S/C16H20N4O.HI/c1-17-16(20-12-14-8-5-6-10-18-14)19-11-13-7-3-4-9-15(13)21-2;/h3-10H,11-12H2,1-2H3,(H2,17,19,20);1H. The fourth-order valence-corrected chi connectivity index (χ4v) is 1.93. The fourth-order valence-electron chi connectivity index (χ4n) is 1.93. The molecule has 0 unspecified atom stereocenters. The zero-order valence-electron chi connectivity index (χ0n) is 12.7. The second kappa shape index (κ2) is 9.99. The zero-order valence-corrected chi connectivity index (χ0v) is 15.1. The van der Waals surface area contributed by atoms with Crippen LogP contribution in [0, 0.1) is 0 Å². The number of nitrogens with zero attached hydrogens (tertiary/aromatic N) is 2. The largest absolute Gasteiger partial charge is 0.496 e. The third-order valence-electron chi connectivity index (χ3n) is 3.03. The van der Waals surface area contributed by atoms with Crippen LogP contribution < -0.4 is 15.4 Å². The molecule has 0 fully saturated rings. The first-order valence-electron chi connectivity index (χ1n) is 6.80. The Morgan fingerprint density at radius 2 is 1.82 bits per heavy atom. The van der Waals surface area contributed by atoms with Gasteiger partial charge >= 0.3 is 0 Å². The van der Waals surface area contributed by atoms with Crippen molar-refractivity contribution >= 4 is 29.9 Å². The molecule has 1 aromatic heterocycles. The van der Waals surface area contributed by atoms with Crippen LogP contribution in [0.5, 0.6) is 5.75 Å². The molecule has 0 aliphatic carbocycles. The number of aliphatic imine (C=N–C) groups is 1. The van der Waals surface area contributed by atoms with Gasteiger partial charge in [-0.25, -0.2) is 0 Å². The first-order valence-corrected chi connectivity index (χ1v) is 6.80. The predicted molar refractivity (Wildman–Crippen MR) is 99.7 cm³/mol. The van der Waals surface area contributed by atoms with Crippen LogP contribution in [0.3, 0.4) is 0 Å². The van der Waals surface area contributed by atoms with E-state index in [1.54, 1.807) is 20.4 Å². The molecule has 6 heteroatoms. The first-order chi connectivity index (χ1) is 10.3. The van der Waals surface area contributed by atoms with Crippen molar-refractivity contribution in [2.75, 3.05) is 14.2 Å². The molecule has 0 aliphatic rings. The van der Waals surface area contributed by atoms with E-state index in [2.05, 4.69) is 20.6 Å². The summed E-state index contributed by atoms with van der Waals surface area (Å²) in [5.41, 5.74) is 2.05. The van der Waals surface area contributed by atoms with Gasteiger partial charge in [0.15, 0.2) is 5.96 Å². The number of aromatic nitrogens is 1. The quantitative estimate of drug-likeness (QED) is 0.451. The van der Waals surface area contributed by atoms with Gasteiger partial charge in [0.1, 0.15) is 5.75 Å². The van der Waals surface area contributed by atoms with Gasteiger partial charge in [-0.1, -0.05) is 24.3 Å². The van der Waals surface area contributed by atoms with Gasteiger partial charge in [0.05, 0.1) is 19.3 Å². The van der Waals surface area contributed by atoms with E-state index in [1.807, 2.05) is 42.5 Å². The summed E-state index contributed by atoms with van der Waals surface area (Å²) in [5, 5.41) is 6.49. The Balaban J connectivity index is 0.00000242. The van der Waals surface area contributed by atoms with E-state index in [4.69, 9.17) is 4.74 Å². The molecule has 2 aromatic rings. The molecule has 0 bridgehead atoms. The number of hydrogen-bond donors (Lipinski definition) is 2. The number of halogens is 1. The van der Waals surface area contributed by atoms with E-state index in [0.29, 0.717) is 13.1 Å².